The highest BCUT2D eigenvalue weighted by Crippen LogP contribution is 2.36. The summed E-state index contributed by atoms with van der Waals surface area (Å²) < 4.78 is 7.83. The summed E-state index contributed by atoms with van der Waals surface area (Å²) in [6.45, 7) is 3.92. The number of fused-ring (bicyclic) bond motifs is 1. The smallest absolute Gasteiger partial charge is 0.230 e. The predicted octanol–water partition coefficient (Wildman–Crippen LogP) is 4.46. The largest absolute Gasteiger partial charge is 0.369 e. The number of carbonyl (C=O) groups excluding carboxylic acids is 1. The summed E-state index contributed by atoms with van der Waals surface area (Å²) in [5, 5.41) is 0.691. The van der Waals surface area contributed by atoms with Gasteiger partial charge in [-0.3, -0.25) is 4.79 Å². The third kappa shape index (κ3) is 5.03. The van der Waals surface area contributed by atoms with E-state index in [1.165, 1.54) is 11.8 Å². The zero-order chi connectivity index (χ0) is 21.1. The van der Waals surface area contributed by atoms with Crippen LogP contribution in [0, 0.1) is 0 Å². The fourth-order valence-corrected chi connectivity index (χ4v) is 5.53. The van der Waals surface area contributed by atoms with Crippen LogP contribution in [0.4, 0.5) is 0 Å². The highest BCUT2D eigenvalue weighted by molar-refractivity contribution is 8.00. The van der Waals surface area contributed by atoms with E-state index in [1.807, 2.05) is 37.3 Å². The van der Waals surface area contributed by atoms with Crippen molar-refractivity contribution in [3.05, 3.63) is 59.1 Å². The Bertz CT molecular complexity index is 981. The molecule has 2 unspecified atom stereocenters. The number of aromatic nitrogens is 1. The SMILES string of the molecule is CC(Sc1cccc(C(OC2CCN(C)CC2)c2nc3ccccc3s2)c1)C(N)=O. The Labute approximate surface area is 185 Å². The first-order chi connectivity index (χ1) is 14.5. The number of likely N-dealkylation sites (tertiary alicyclic amines) is 1. The molecule has 1 aliphatic rings. The fourth-order valence-electron chi connectivity index (χ4n) is 3.61. The maximum Gasteiger partial charge on any atom is 0.230 e. The van der Waals surface area contributed by atoms with Gasteiger partial charge >= 0.3 is 0 Å². The second-order valence-corrected chi connectivity index (χ2v) is 10.2. The van der Waals surface area contributed by atoms with Crippen molar-refractivity contribution in [1.29, 1.82) is 0 Å². The molecule has 2 atom stereocenters. The third-order valence-electron chi connectivity index (χ3n) is 5.40. The third-order valence-corrected chi connectivity index (χ3v) is 7.59. The van der Waals surface area contributed by atoms with Gasteiger partial charge in [0.1, 0.15) is 11.1 Å². The van der Waals surface area contributed by atoms with Crippen LogP contribution in [0.2, 0.25) is 0 Å². The second-order valence-electron chi connectivity index (χ2n) is 7.77. The molecule has 0 radical (unpaired) electrons. The molecule has 0 bridgehead atoms. The summed E-state index contributed by atoms with van der Waals surface area (Å²) in [7, 11) is 2.15. The molecule has 2 heterocycles. The van der Waals surface area contributed by atoms with E-state index >= 15 is 0 Å². The summed E-state index contributed by atoms with van der Waals surface area (Å²) in [5.41, 5.74) is 7.52. The number of benzene rings is 2. The van der Waals surface area contributed by atoms with E-state index in [1.54, 1.807) is 11.3 Å². The van der Waals surface area contributed by atoms with Gasteiger partial charge in [0.2, 0.25) is 5.91 Å². The molecule has 7 heteroatoms. The average molecular weight is 442 g/mol. The summed E-state index contributed by atoms with van der Waals surface area (Å²) in [6.07, 6.45) is 2.02. The van der Waals surface area contributed by atoms with Crippen molar-refractivity contribution in [2.45, 2.75) is 42.1 Å². The topological polar surface area (TPSA) is 68.4 Å². The molecule has 0 saturated carbocycles. The van der Waals surface area contributed by atoms with Gasteiger partial charge in [-0.2, -0.15) is 0 Å². The molecule has 1 amide bonds. The van der Waals surface area contributed by atoms with Crippen molar-refractivity contribution in [1.82, 2.24) is 9.88 Å². The first kappa shape index (κ1) is 21.3. The number of nitrogens with two attached hydrogens (primary N) is 1. The monoisotopic (exact) mass is 441 g/mol. The Morgan fingerprint density at radius 3 is 2.73 bits per heavy atom. The van der Waals surface area contributed by atoms with Crippen molar-refractivity contribution in [2.75, 3.05) is 20.1 Å². The van der Waals surface area contributed by atoms with E-state index in [4.69, 9.17) is 15.5 Å². The van der Waals surface area contributed by atoms with Gasteiger partial charge in [0.15, 0.2) is 0 Å². The number of hydrogen-bond acceptors (Lipinski definition) is 6. The Balaban J connectivity index is 1.65. The lowest BCUT2D eigenvalue weighted by atomic mass is 10.1. The maximum absolute atomic E-state index is 11.5. The normalized spacial score (nSPS) is 17.8. The van der Waals surface area contributed by atoms with E-state index < -0.39 is 0 Å². The van der Waals surface area contributed by atoms with Crippen LogP contribution in [0.15, 0.2) is 53.4 Å². The van der Waals surface area contributed by atoms with E-state index in [2.05, 4.69) is 30.1 Å². The number of hydrogen-bond donors (Lipinski definition) is 1. The van der Waals surface area contributed by atoms with Crippen LogP contribution in [-0.2, 0) is 9.53 Å². The Kier molecular flexibility index (Phi) is 6.73. The van der Waals surface area contributed by atoms with Crippen molar-refractivity contribution >= 4 is 39.2 Å². The summed E-state index contributed by atoms with van der Waals surface area (Å²) in [4.78, 5) is 19.7. The molecule has 1 saturated heterocycles. The molecule has 1 fully saturated rings. The predicted molar refractivity (Wildman–Crippen MR) is 124 cm³/mol. The summed E-state index contributed by atoms with van der Waals surface area (Å²) >= 11 is 3.16. The van der Waals surface area contributed by atoms with Crippen LogP contribution in [0.1, 0.15) is 36.4 Å². The molecule has 3 aromatic rings. The zero-order valence-electron chi connectivity index (χ0n) is 17.3. The van der Waals surface area contributed by atoms with Gasteiger partial charge in [0.05, 0.1) is 21.6 Å². The molecule has 0 spiro atoms. The number of piperidine rings is 1. The molecule has 2 aromatic carbocycles. The van der Waals surface area contributed by atoms with E-state index in [9.17, 15) is 4.79 Å². The summed E-state index contributed by atoms with van der Waals surface area (Å²) in [5.74, 6) is -0.310. The quantitative estimate of drug-likeness (QED) is 0.548. The first-order valence-corrected chi connectivity index (χ1v) is 11.9. The van der Waals surface area contributed by atoms with Crippen LogP contribution in [0.5, 0.6) is 0 Å². The van der Waals surface area contributed by atoms with Gasteiger partial charge in [-0.15, -0.1) is 23.1 Å². The molecule has 158 valence electrons. The highest BCUT2D eigenvalue weighted by atomic mass is 32.2. The van der Waals surface area contributed by atoms with Crippen molar-refractivity contribution in [2.24, 2.45) is 5.73 Å². The average Bonchev–Trinajstić information content (AvgIpc) is 3.17. The van der Waals surface area contributed by atoms with E-state index in [0.717, 1.165) is 51.6 Å². The minimum Gasteiger partial charge on any atom is -0.369 e. The molecule has 5 nitrogen and oxygen atoms in total. The lowest BCUT2D eigenvalue weighted by Gasteiger charge is -2.31. The zero-order valence-corrected chi connectivity index (χ0v) is 18.9. The lowest BCUT2D eigenvalue weighted by Crippen LogP contribution is -2.35. The van der Waals surface area contributed by atoms with Gasteiger partial charge in [-0.05, 0) is 56.6 Å². The van der Waals surface area contributed by atoms with Crippen LogP contribution >= 0.6 is 23.1 Å². The molecule has 2 N–H and O–H groups in total. The maximum atomic E-state index is 11.5. The van der Waals surface area contributed by atoms with Gasteiger partial charge in [0, 0.05) is 18.0 Å². The molecule has 1 aliphatic heterocycles. The highest BCUT2D eigenvalue weighted by Gasteiger charge is 2.26. The van der Waals surface area contributed by atoms with Crippen molar-refractivity contribution < 1.29 is 9.53 Å². The number of ether oxygens (including phenoxy) is 1. The number of thioether (sulfide) groups is 1. The number of para-hydroxylation sites is 1. The van der Waals surface area contributed by atoms with Gasteiger partial charge in [-0.1, -0.05) is 24.3 Å². The van der Waals surface area contributed by atoms with Crippen LogP contribution in [-0.4, -0.2) is 47.3 Å². The number of nitrogens with zero attached hydrogens (tertiary/aromatic N) is 2. The molecular weight excluding hydrogens is 414 g/mol. The van der Waals surface area contributed by atoms with Gasteiger partial charge in [0.25, 0.3) is 0 Å². The number of thiazole rings is 1. The van der Waals surface area contributed by atoms with Crippen LogP contribution in [0.25, 0.3) is 10.2 Å². The van der Waals surface area contributed by atoms with Crippen molar-refractivity contribution in [3.8, 4) is 0 Å². The Morgan fingerprint density at radius 2 is 2.00 bits per heavy atom. The molecule has 1 aromatic heterocycles. The number of rotatable bonds is 7. The molecule has 4 rings (SSSR count). The molecular formula is C23H27N3O2S2. The summed E-state index contributed by atoms with van der Waals surface area (Å²) in [6, 6.07) is 16.4. The van der Waals surface area contributed by atoms with Crippen LogP contribution < -0.4 is 5.73 Å². The van der Waals surface area contributed by atoms with Crippen LogP contribution in [0.3, 0.4) is 0 Å². The Morgan fingerprint density at radius 1 is 1.23 bits per heavy atom. The number of carbonyl (C=O) groups is 1. The molecule has 0 aliphatic carbocycles. The van der Waals surface area contributed by atoms with E-state index in [0.29, 0.717) is 0 Å². The molecule has 30 heavy (non-hydrogen) atoms. The fraction of sp³-hybridized carbons (Fsp3) is 0.391. The minimum absolute atomic E-state index is 0.207. The second kappa shape index (κ2) is 9.47. The first-order valence-electron chi connectivity index (χ1n) is 10.2. The lowest BCUT2D eigenvalue weighted by molar-refractivity contribution is -0.117. The standard InChI is InChI=1S/C23H27N3O2S2/c1-15(22(24)27)29-18-7-5-6-16(14-18)21(28-17-10-12-26(2)13-11-17)23-25-19-8-3-4-9-20(19)30-23/h3-9,14-15,17,21H,10-13H2,1-2H3,(H2,24,27). The van der Waals surface area contributed by atoms with Gasteiger partial charge in [-0.25, -0.2) is 4.98 Å². The number of amides is 1. The Hall–Kier alpha value is -1.93. The van der Waals surface area contributed by atoms with Gasteiger partial charge < -0.3 is 15.4 Å². The minimum atomic E-state index is -0.310. The number of primary amides is 1. The van der Waals surface area contributed by atoms with E-state index in [-0.39, 0.29) is 23.4 Å². The van der Waals surface area contributed by atoms with Crippen molar-refractivity contribution in [3.63, 3.8) is 0 Å².